The van der Waals surface area contributed by atoms with E-state index in [-0.39, 0.29) is 11.7 Å². The minimum atomic E-state index is -1.83. The number of carboxylic acid groups (broad SMARTS) is 2. The molecule has 0 aromatic heterocycles. The first-order chi connectivity index (χ1) is 7.50. The summed E-state index contributed by atoms with van der Waals surface area (Å²) in [5.74, 6) is 0.536. The molecule has 0 unspecified atom stereocenters. The summed E-state index contributed by atoms with van der Waals surface area (Å²) in [6.45, 7) is 0. The van der Waals surface area contributed by atoms with Crippen LogP contribution in [-0.2, 0) is 0 Å². The molecule has 1 aliphatic rings. The van der Waals surface area contributed by atoms with Crippen LogP contribution in [0.5, 0.6) is 0 Å². The van der Waals surface area contributed by atoms with Crippen molar-refractivity contribution in [3.8, 4) is 0 Å². The standard InChI is InChI=1S/C10H11NO.CH2O3/c11-9-3-1-2-8(6-9)10(12)7-4-5-7;2-1(3)4/h1-3,6-7H,4-5,11H2;(H2,2,3,4). The summed E-state index contributed by atoms with van der Waals surface area (Å²) in [6.07, 6.45) is 0.265. The van der Waals surface area contributed by atoms with Crippen molar-refractivity contribution < 1.29 is 19.8 Å². The first-order valence-corrected chi connectivity index (χ1v) is 4.82. The average molecular weight is 223 g/mol. The lowest BCUT2D eigenvalue weighted by Gasteiger charge is -1.98. The fraction of sp³-hybridized carbons (Fsp3) is 0.273. The lowest BCUT2D eigenvalue weighted by atomic mass is 10.1. The molecule has 16 heavy (non-hydrogen) atoms. The molecular formula is C11H13NO4. The van der Waals surface area contributed by atoms with Crippen molar-refractivity contribution in [1.82, 2.24) is 0 Å². The number of carbonyl (C=O) groups is 2. The monoisotopic (exact) mass is 223 g/mol. The quantitative estimate of drug-likeness (QED) is 0.526. The Balaban J connectivity index is 0.000000280. The second kappa shape index (κ2) is 5.16. The van der Waals surface area contributed by atoms with Gasteiger partial charge >= 0.3 is 6.16 Å². The van der Waals surface area contributed by atoms with Crippen LogP contribution in [0.2, 0.25) is 0 Å². The Morgan fingerprint density at radius 2 is 1.81 bits per heavy atom. The van der Waals surface area contributed by atoms with Gasteiger partial charge in [0.25, 0.3) is 0 Å². The summed E-state index contributed by atoms with van der Waals surface area (Å²) in [7, 11) is 0. The van der Waals surface area contributed by atoms with Crippen LogP contribution in [0.3, 0.4) is 0 Å². The van der Waals surface area contributed by atoms with Gasteiger partial charge in [0.15, 0.2) is 5.78 Å². The number of rotatable bonds is 2. The zero-order valence-corrected chi connectivity index (χ0v) is 8.59. The molecule has 0 aliphatic heterocycles. The highest BCUT2D eigenvalue weighted by molar-refractivity contribution is 5.99. The molecule has 5 heteroatoms. The van der Waals surface area contributed by atoms with Gasteiger partial charge in [-0.25, -0.2) is 4.79 Å². The number of hydrogen-bond donors (Lipinski definition) is 3. The smallest absolute Gasteiger partial charge is 0.450 e. The third kappa shape index (κ3) is 4.00. The van der Waals surface area contributed by atoms with Gasteiger partial charge in [0.05, 0.1) is 0 Å². The second-order valence-electron chi connectivity index (χ2n) is 3.55. The Kier molecular flexibility index (Phi) is 3.88. The largest absolute Gasteiger partial charge is 0.503 e. The number of hydrogen-bond acceptors (Lipinski definition) is 3. The van der Waals surface area contributed by atoms with E-state index in [0.29, 0.717) is 5.69 Å². The highest BCUT2D eigenvalue weighted by Gasteiger charge is 2.30. The fourth-order valence-electron chi connectivity index (χ4n) is 1.27. The van der Waals surface area contributed by atoms with Crippen molar-refractivity contribution in [2.75, 3.05) is 5.73 Å². The van der Waals surface area contributed by atoms with Gasteiger partial charge in [0.2, 0.25) is 0 Å². The van der Waals surface area contributed by atoms with Crippen molar-refractivity contribution in [3.63, 3.8) is 0 Å². The highest BCUT2D eigenvalue weighted by Crippen LogP contribution is 2.32. The van der Waals surface area contributed by atoms with Gasteiger partial charge in [0.1, 0.15) is 0 Å². The first kappa shape index (κ1) is 12.0. The molecule has 0 bridgehead atoms. The Morgan fingerprint density at radius 1 is 1.25 bits per heavy atom. The zero-order valence-electron chi connectivity index (χ0n) is 8.59. The molecule has 0 atom stereocenters. The number of carbonyl (C=O) groups excluding carboxylic acids is 1. The summed E-state index contributed by atoms with van der Waals surface area (Å²) in [4.78, 5) is 20.1. The van der Waals surface area contributed by atoms with Crippen LogP contribution in [-0.4, -0.2) is 22.2 Å². The highest BCUT2D eigenvalue weighted by atomic mass is 16.6. The van der Waals surface area contributed by atoms with Crippen LogP contribution in [0.25, 0.3) is 0 Å². The number of ketones is 1. The first-order valence-electron chi connectivity index (χ1n) is 4.82. The Hall–Kier alpha value is -2.04. The van der Waals surface area contributed by atoms with E-state index in [1.54, 1.807) is 12.1 Å². The molecule has 1 fully saturated rings. The predicted octanol–water partition coefficient (Wildman–Crippen LogP) is 2.08. The van der Waals surface area contributed by atoms with Gasteiger partial charge in [-0.3, -0.25) is 4.79 Å². The van der Waals surface area contributed by atoms with E-state index in [1.807, 2.05) is 12.1 Å². The molecule has 4 N–H and O–H groups in total. The Labute approximate surface area is 92.5 Å². The summed E-state index contributed by atoms with van der Waals surface area (Å²) < 4.78 is 0. The summed E-state index contributed by atoms with van der Waals surface area (Å²) >= 11 is 0. The predicted molar refractivity (Wildman–Crippen MR) is 58.6 cm³/mol. The summed E-state index contributed by atoms with van der Waals surface area (Å²) in [5, 5.41) is 13.9. The van der Waals surface area contributed by atoms with Gasteiger partial charge in [-0.05, 0) is 25.0 Å². The molecule has 1 saturated carbocycles. The van der Waals surface area contributed by atoms with E-state index in [0.717, 1.165) is 18.4 Å². The third-order valence-corrected chi connectivity index (χ3v) is 2.12. The van der Waals surface area contributed by atoms with Gasteiger partial charge in [-0.2, -0.15) is 0 Å². The lowest BCUT2D eigenvalue weighted by molar-refractivity contribution is 0.0967. The SMILES string of the molecule is Nc1cccc(C(=O)C2CC2)c1.O=C(O)O. The maximum absolute atomic E-state index is 11.5. The Morgan fingerprint density at radius 3 is 2.25 bits per heavy atom. The maximum atomic E-state index is 11.5. The van der Waals surface area contributed by atoms with Crippen molar-refractivity contribution in [2.24, 2.45) is 5.92 Å². The molecule has 1 aromatic rings. The number of nitrogens with two attached hydrogens (primary N) is 1. The molecule has 0 heterocycles. The van der Waals surface area contributed by atoms with Crippen molar-refractivity contribution in [2.45, 2.75) is 12.8 Å². The van der Waals surface area contributed by atoms with Crippen LogP contribution >= 0.6 is 0 Å². The minimum absolute atomic E-state index is 0.252. The lowest BCUT2D eigenvalue weighted by Crippen LogP contribution is -2.01. The van der Waals surface area contributed by atoms with E-state index >= 15 is 0 Å². The summed E-state index contributed by atoms with van der Waals surface area (Å²) in [6, 6.07) is 7.20. The van der Waals surface area contributed by atoms with E-state index in [1.165, 1.54) is 0 Å². The minimum Gasteiger partial charge on any atom is -0.450 e. The molecular weight excluding hydrogens is 210 g/mol. The van der Waals surface area contributed by atoms with Crippen LogP contribution < -0.4 is 5.73 Å². The molecule has 0 spiro atoms. The van der Waals surface area contributed by atoms with Gasteiger partial charge in [0, 0.05) is 17.2 Å². The molecule has 5 nitrogen and oxygen atoms in total. The molecule has 86 valence electrons. The molecule has 2 rings (SSSR count). The van der Waals surface area contributed by atoms with Crippen molar-refractivity contribution >= 4 is 17.6 Å². The second-order valence-corrected chi connectivity index (χ2v) is 3.55. The topological polar surface area (TPSA) is 101 Å². The number of nitrogen functional groups attached to an aromatic ring is 1. The molecule has 0 amide bonds. The molecule has 0 radical (unpaired) electrons. The van der Waals surface area contributed by atoms with Crippen LogP contribution in [0, 0.1) is 5.92 Å². The fourth-order valence-corrected chi connectivity index (χ4v) is 1.27. The zero-order chi connectivity index (χ0) is 12.1. The third-order valence-electron chi connectivity index (χ3n) is 2.12. The summed E-state index contributed by atoms with van der Waals surface area (Å²) in [5.41, 5.74) is 6.99. The van der Waals surface area contributed by atoms with E-state index in [9.17, 15) is 4.79 Å². The van der Waals surface area contributed by atoms with Crippen molar-refractivity contribution in [3.05, 3.63) is 29.8 Å². The van der Waals surface area contributed by atoms with E-state index < -0.39 is 6.16 Å². The normalized spacial score (nSPS) is 13.5. The molecule has 1 aliphatic carbocycles. The van der Waals surface area contributed by atoms with Crippen LogP contribution in [0.4, 0.5) is 10.5 Å². The van der Waals surface area contributed by atoms with E-state index in [4.69, 9.17) is 20.7 Å². The number of anilines is 1. The maximum Gasteiger partial charge on any atom is 0.503 e. The number of Topliss-reactive ketones (excluding diaryl/α,β-unsaturated/α-hetero) is 1. The van der Waals surface area contributed by atoms with Crippen LogP contribution in [0.15, 0.2) is 24.3 Å². The molecule has 0 saturated heterocycles. The van der Waals surface area contributed by atoms with E-state index in [2.05, 4.69) is 0 Å². The number of benzene rings is 1. The van der Waals surface area contributed by atoms with Crippen LogP contribution in [0.1, 0.15) is 23.2 Å². The molecule has 1 aromatic carbocycles. The van der Waals surface area contributed by atoms with Crippen molar-refractivity contribution in [1.29, 1.82) is 0 Å². The Bertz CT molecular complexity index is 395. The van der Waals surface area contributed by atoms with Gasteiger partial charge in [-0.15, -0.1) is 0 Å². The van der Waals surface area contributed by atoms with Gasteiger partial charge < -0.3 is 15.9 Å². The average Bonchev–Trinajstić information content (AvgIpc) is 2.99. The van der Waals surface area contributed by atoms with Gasteiger partial charge in [-0.1, -0.05) is 12.1 Å².